The first kappa shape index (κ1) is 15.2. The molecule has 1 aliphatic carbocycles. The van der Waals surface area contributed by atoms with Crippen molar-refractivity contribution in [3.05, 3.63) is 64.1 Å². The number of hydrogen-bond acceptors (Lipinski definition) is 2. The van der Waals surface area contributed by atoms with Crippen molar-refractivity contribution >= 4 is 29.1 Å². The Labute approximate surface area is 139 Å². The lowest BCUT2D eigenvalue weighted by Crippen LogP contribution is -2.38. The van der Waals surface area contributed by atoms with Crippen molar-refractivity contribution in [1.29, 1.82) is 0 Å². The third-order valence-corrected chi connectivity index (χ3v) is 4.18. The second-order valence-electron chi connectivity index (χ2n) is 5.38. The highest BCUT2D eigenvalue weighted by Gasteiger charge is 2.45. The van der Waals surface area contributed by atoms with Gasteiger partial charge >= 0.3 is 0 Å². The molecule has 2 aromatic rings. The van der Waals surface area contributed by atoms with Gasteiger partial charge in [0.1, 0.15) is 5.75 Å². The van der Waals surface area contributed by atoms with Gasteiger partial charge in [-0.05, 0) is 54.8 Å². The summed E-state index contributed by atoms with van der Waals surface area (Å²) in [5.41, 5.74) is 0.755. The Kier molecular flexibility index (Phi) is 4.27. The molecule has 0 aromatic heterocycles. The first-order valence-electron chi connectivity index (χ1n) is 7.03. The smallest absolute Gasteiger partial charge is 0.258 e. The molecule has 114 valence electrons. The van der Waals surface area contributed by atoms with Crippen LogP contribution in [0.2, 0.25) is 10.0 Å². The minimum Gasteiger partial charge on any atom is -0.484 e. The summed E-state index contributed by atoms with van der Waals surface area (Å²) >= 11 is 11.8. The zero-order chi connectivity index (χ0) is 15.6. The van der Waals surface area contributed by atoms with Crippen molar-refractivity contribution in [3.63, 3.8) is 0 Å². The molecule has 0 bridgehead atoms. The summed E-state index contributed by atoms with van der Waals surface area (Å²) in [7, 11) is 0. The number of amides is 1. The molecular formula is C17H15Cl2NO2. The van der Waals surface area contributed by atoms with Crippen molar-refractivity contribution in [2.45, 2.75) is 18.4 Å². The van der Waals surface area contributed by atoms with Gasteiger partial charge in [-0.1, -0.05) is 35.3 Å². The minimum absolute atomic E-state index is 0.0239. The maximum absolute atomic E-state index is 12.1. The monoisotopic (exact) mass is 335 g/mol. The van der Waals surface area contributed by atoms with E-state index in [4.69, 9.17) is 27.9 Å². The molecule has 1 saturated carbocycles. The standard InChI is InChI=1S/C17H15Cl2NO2/c18-13-4-6-15(7-5-13)22-11-16(21)20-17(8-9-17)12-2-1-3-14(19)10-12/h1-7,10H,8-9,11H2,(H,20,21). The van der Waals surface area contributed by atoms with Gasteiger partial charge in [0.2, 0.25) is 0 Å². The van der Waals surface area contributed by atoms with Gasteiger partial charge in [-0.3, -0.25) is 4.79 Å². The summed E-state index contributed by atoms with van der Waals surface area (Å²) in [6, 6.07) is 14.5. The molecule has 22 heavy (non-hydrogen) atoms. The number of nitrogens with one attached hydrogen (secondary N) is 1. The zero-order valence-electron chi connectivity index (χ0n) is 11.8. The first-order valence-corrected chi connectivity index (χ1v) is 7.78. The normalized spacial score (nSPS) is 15.2. The number of carbonyl (C=O) groups excluding carboxylic acids is 1. The maximum Gasteiger partial charge on any atom is 0.258 e. The Morgan fingerprint density at radius 2 is 1.82 bits per heavy atom. The SMILES string of the molecule is O=C(COc1ccc(Cl)cc1)NC1(c2cccc(Cl)c2)CC1. The molecule has 0 saturated heterocycles. The van der Waals surface area contributed by atoms with E-state index < -0.39 is 0 Å². The molecule has 0 heterocycles. The Hall–Kier alpha value is -1.71. The van der Waals surface area contributed by atoms with E-state index in [0.29, 0.717) is 15.8 Å². The van der Waals surface area contributed by atoms with Crippen LogP contribution in [0.1, 0.15) is 18.4 Å². The lowest BCUT2D eigenvalue weighted by molar-refractivity contribution is -0.124. The molecule has 3 rings (SSSR count). The summed E-state index contributed by atoms with van der Waals surface area (Å²) in [5, 5.41) is 4.35. The van der Waals surface area contributed by atoms with Crippen LogP contribution in [0.3, 0.4) is 0 Å². The number of benzene rings is 2. The molecule has 3 nitrogen and oxygen atoms in total. The highest BCUT2D eigenvalue weighted by atomic mass is 35.5. The third-order valence-electron chi connectivity index (χ3n) is 3.69. The summed E-state index contributed by atoms with van der Waals surface area (Å²) in [5.74, 6) is 0.472. The largest absolute Gasteiger partial charge is 0.484 e. The molecule has 0 aliphatic heterocycles. The van der Waals surface area contributed by atoms with Gasteiger partial charge in [-0.15, -0.1) is 0 Å². The number of hydrogen-bond donors (Lipinski definition) is 1. The molecule has 1 N–H and O–H groups in total. The highest BCUT2D eigenvalue weighted by molar-refractivity contribution is 6.30. The van der Waals surface area contributed by atoms with Crippen LogP contribution in [-0.2, 0) is 10.3 Å². The molecule has 5 heteroatoms. The van der Waals surface area contributed by atoms with Crippen LogP contribution >= 0.6 is 23.2 Å². The summed E-state index contributed by atoms with van der Waals surface area (Å²) in [6.45, 7) is -0.0239. The molecule has 1 amide bonds. The second-order valence-corrected chi connectivity index (χ2v) is 6.26. The van der Waals surface area contributed by atoms with Crippen LogP contribution in [0.25, 0.3) is 0 Å². The van der Waals surface area contributed by atoms with E-state index in [0.717, 1.165) is 18.4 Å². The van der Waals surface area contributed by atoms with Crippen molar-refractivity contribution in [2.24, 2.45) is 0 Å². The van der Waals surface area contributed by atoms with Crippen molar-refractivity contribution in [3.8, 4) is 5.75 Å². The fourth-order valence-electron chi connectivity index (χ4n) is 2.38. The number of rotatable bonds is 5. The average molecular weight is 336 g/mol. The van der Waals surface area contributed by atoms with Gasteiger partial charge in [-0.25, -0.2) is 0 Å². The van der Waals surface area contributed by atoms with E-state index >= 15 is 0 Å². The fourth-order valence-corrected chi connectivity index (χ4v) is 2.70. The predicted octanol–water partition coefficient (Wildman–Crippen LogP) is 4.18. The van der Waals surface area contributed by atoms with Gasteiger partial charge in [0.05, 0.1) is 5.54 Å². The average Bonchev–Trinajstić information content (AvgIpc) is 3.27. The van der Waals surface area contributed by atoms with E-state index in [1.807, 2.05) is 24.3 Å². The third kappa shape index (κ3) is 3.54. The fraction of sp³-hybridized carbons (Fsp3) is 0.235. The van der Waals surface area contributed by atoms with Crippen molar-refractivity contribution < 1.29 is 9.53 Å². The number of ether oxygens (including phenoxy) is 1. The lowest BCUT2D eigenvalue weighted by atomic mass is 10.1. The minimum atomic E-state index is -0.286. The molecule has 1 aliphatic rings. The molecule has 1 fully saturated rings. The Morgan fingerprint density at radius 3 is 2.45 bits per heavy atom. The van der Waals surface area contributed by atoms with E-state index in [1.165, 1.54) is 0 Å². The highest BCUT2D eigenvalue weighted by Crippen LogP contribution is 2.45. The maximum atomic E-state index is 12.1. The Bertz CT molecular complexity index is 681. The topological polar surface area (TPSA) is 38.3 Å². The van der Waals surface area contributed by atoms with E-state index in [2.05, 4.69) is 5.32 Å². The molecular weight excluding hydrogens is 321 g/mol. The second kappa shape index (κ2) is 6.19. The molecule has 0 unspecified atom stereocenters. The van der Waals surface area contributed by atoms with Gasteiger partial charge < -0.3 is 10.1 Å². The summed E-state index contributed by atoms with van der Waals surface area (Å²) < 4.78 is 5.46. The van der Waals surface area contributed by atoms with Crippen LogP contribution in [0.15, 0.2) is 48.5 Å². The molecule has 0 radical (unpaired) electrons. The van der Waals surface area contributed by atoms with Crippen molar-refractivity contribution in [2.75, 3.05) is 6.61 Å². The quantitative estimate of drug-likeness (QED) is 0.890. The van der Waals surface area contributed by atoms with Crippen LogP contribution in [0.5, 0.6) is 5.75 Å². The molecule has 0 atom stereocenters. The predicted molar refractivity (Wildman–Crippen MR) is 87.5 cm³/mol. The molecule has 2 aromatic carbocycles. The summed E-state index contributed by atoms with van der Waals surface area (Å²) in [6.07, 6.45) is 1.83. The Balaban J connectivity index is 1.59. The zero-order valence-corrected chi connectivity index (χ0v) is 13.3. The van der Waals surface area contributed by atoms with Crippen LogP contribution in [-0.4, -0.2) is 12.5 Å². The number of carbonyl (C=O) groups is 1. The van der Waals surface area contributed by atoms with Crippen LogP contribution < -0.4 is 10.1 Å². The van der Waals surface area contributed by atoms with Gasteiger partial charge in [0, 0.05) is 10.0 Å². The first-order chi connectivity index (χ1) is 10.6. The molecule has 0 spiro atoms. The number of halogens is 2. The van der Waals surface area contributed by atoms with Gasteiger partial charge in [0.15, 0.2) is 6.61 Å². The van der Waals surface area contributed by atoms with E-state index in [9.17, 15) is 4.79 Å². The van der Waals surface area contributed by atoms with Crippen molar-refractivity contribution in [1.82, 2.24) is 5.32 Å². The van der Waals surface area contributed by atoms with Crippen LogP contribution in [0.4, 0.5) is 0 Å². The Morgan fingerprint density at radius 1 is 1.09 bits per heavy atom. The lowest BCUT2D eigenvalue weighted by Gasteiger charge is -2.18. The van der Waals surface area contributed by atoms with E-state index in [-0.39, 0.29) is 18.1 Å². The van der Waals surface area contributed by atoms with Gasteiger partial charge in [0.25, 0.3) is 5.91 Å². The van der Waals surface area contributed by atoms with Gasteiger partial charge in [-0.2, -0.15) is 0 Å². The van der Waals surface area contributed by atoms with E-state index in [1.54, 1.807) is 24.3 Å². The van der Waals surface area contributed by atoms with Crippen LogP contribution in [0, 0.1) is 0 Å². The summed E-state index contributed by atoms with van der Waals surface area (Å²) in [4.78, 5) is 12.1.